The molecule has 0 saturated heterocycles. The van der Waals surface area contributed by atoms with Crippen LogP contribution >= 0.6 is 15.9 Å². The molecule has 0 aliphatic heterocycles. The highest BCUT2D eigenvalue weighted by Gasteiger charge is 2.24. The smallest absolute Gasteiger partial charge is 0.333 e. The first-order chi connectivity index (χ1) is 10.9. The second-order valence-corrected chi connectivity index (χ2v) is 5.86. The molecule has 0 heterocycles. The molecule has 2 rings (SSSR count). The van der Waals surface area contributed by atoms with Crippen LogP contribution < -0.4 is 5.32 Å². The zero-order valence-corrected chi connectivity index (χ0v) is 14.2. The van der Waals surface area contributed by atoms with E-state index in [2.05, 4.69) is 21.2 Å². The van der Waals surface area contributed by atoms with E-state index < -0.39 is 23.7 Å². The molecule has 0 radical (unpaired) electrons. The fourth-order valence-electron chi connectivity index (χ4n) is 2.00. The molecule has 2 aromatic rings. The van der Waals surface area contributed by atoms with Crippen molar-refractivity contribution in [2.75, 3.05) is 7.11 Å². The van der Waals surface area contributed by atoms with Gasteiger partial charge < -0.3 is 10.1 Å². The first kappa shape index (κ1) is 17.1. The summed E-state index contributed by atoms with van der Waals surface area (Å²) in [6, 6.07) is 10.1. The number of ether oxygens (including phenoxy) is 1. The Hall–Kier alpha value is -2.21. The number of hydrogen-bond donors (Lipinski definition) is 1. The van der Waals surface area contributed by atoms with Gasteiger partial charge in [-0.3, -0.25) is 4.79 Å². The van der Waals surface area contributed by atoms with Crippen LogP contribution in [0.5, 0.6) is 0 Å². The van der Waals surface area contributed by atoms with Crippen LogP contribution in [-0.2, 0) is 9.53 Å². The largest absolute Gasteiger partial charge is 0.467 e. The van der Waals surface area contributed by atoms with Crippen LogP contribution in [0.2, 0.25) is 0 Å². The molecule has 2 aromatic carbocycles. The molecular weight excluding hydrogens is 365 g/mol. The molecule has 1 amide bonds. The Labute approximate surface area is 141 Å². The van der Waals surface area contributed by atoms with Crippen molar-refractivity contribution in [3.05, 3.63) is 69.4 Å². The minimum atomic E-state index is -0.968. The quantitative estimate of drug-likeness (QED) is 0.826. The molecule has 1 unspecified atom stereocenters. The Morgan fingerprint density at radius 2 is 1.83 bits per heavy atom. The highest BCUT2D eigenvalue weighted by molar-refractivity contribution is 9.10. The zero-order valence-electron chi connectivity index (χ0n) is 12.6. The topological polar surface area (TPSA) is 55.4 Å². The van der Waals surface area contributed by atoms with Crippen LogP contribution in [0.1, 0.15) is 27.5 Å². The van der Waals surface area contributed by atoms with Gasteiger partial charge in [0, 0.05) is 10.0 Å². The number of carbonyl (C=O) groups excluding carboxylic acids is 2. The number of hydrogen-bond acceptors (Lipinski definition) is 3. The summed E-state index contributed by atoms with van der Waals surface area (Å²) in [7, 11) is 1.24. The molecular formula is C17H15BrFNO3. The zero-order chi connectivity index (χ0) is 17.0. The molecule has 0 aliphatic carbocycles. The van der Waals surface area contributed by atoms with E-state index in [1.54, 1.807) is 31.2 Å². The van der Waals surface area contributed by atoms with E-state index in [0.717, 1.165) is 10.5 Å². The van der Waals surface area contributed by atoms with E-state index in [1.807, 2.05) is 0 Å². The van der Waals surface area contributed by atoms with Gasteiger partial charge in [-0.1, -0.05) is 34.1 Å². The molecule has 4 nitrogen and oxygen atoms in total. The van der Waals surface area contributed by atoms with Gasteiger partial charge in [-0.05, 0) is 42.3 Å². The monoisotopic (exact) mass is 379 g/mol. The molecule has 0 bridgehead atoms. The fraction of sp³-hybridized carbons (Fsp3) is 0.176. The Morgan fingerprint density at radius 3 is 2.39 bits per heavy atom. The predicted octanol–water partition coefficient (Wildman–Crippen LogP) is 3.54. The predicted molar refractivity (Wildman–Crippen MR) is 87.5 cm³/mol. The van der Waals surface area contributed by atoms with Crippen molar-refractivity contribution in [1.29, 1.82) is 0 Å². The summed E-state index contributed by atoms with van der Waals surface area (Å²) in [5, 5.41) is 2.57. The molecule has 0 aromatic heterocycles. The Kier molecular flexibility index (Phi) is 5.50. The van der Waals surface area contributed by atoms with E-state index >= 15 is 0 Å². The lowest BCUT2D eigenvalue weighted by Gasteiger charge is -2.17. The van der Waals surface area contributed by atoms with Crippen molar-refractivity contribution >= 4 is 27.8 Å². The van der Waals surface area contributed by atoms with Gasteiger partial charge >= 0.3 is 5.97 Å². The average Bonchev–Trinajstić information content (AvgIpc) is 2.55. The van der Waals surface area contributed by atoms with Gasteiger partial charge in [0.15, 0.2) is 6.04 Å². The SMILES string of the molecule is COC(=O)C(NC(=O)c1ccc(C)c(F)c1)c1ccc(Br)cc1. The standard InChI is InChI=1S/C17H15BrFNO3/c1-10-3-4-12(9-14(10)19)16(21)20-15(17(22)23-2)11-5-7-13(18)8-6-11/h3-9,15H,1-2H3,(H,20,21). The van der Waals surface area contributed by atoms with E-state index in [1.165, 1.54) is 19.2 Å². The first-order valence-corrected chi connectivity index (χ1v) is 7.62. The van der Waals surface area contributed by atoms with E-state index in [-0.39, 0.29) is 5.56 Å². The van der Waals surface area contributed by atoms with Crippen molar-refractivity contribution in [3.63, 3.8) is 0 Å². The summed E-state index contributed by atoms with van der Waals surface area (Å²) < 4.78 is 19.2. The van der Waals surface area contributed by atoms with Crippen molar-refractivity contribution in [2.45, 2.75) is 13.0 Å². The van der Waals surface area contributed by atoms with E-state index in [9.17, 15) is 14.0 Å². The van der Waals surface area contributed by atoms with Crippen LogP contribution in [0.3, 0.4) is 0 Å². The Balaban J connectivity index is 2.26. The number of benzene rings is 2. The van der Waals surface area contributed by atoms with Crippen molar-refractivity contribution < 1.29 is 18.7 Å². The maximum absolute atomic E-state index is 13.6. The molecule has 0 saturated carbocycles. The molecule has 6 heteroatoms. The third-order valence-corrected chi connectivity index (χ3v) is 3.88. The lowest BCUT2D eigenvalue weighted by Crippen LogP contribution is -2.34. The van der Waals surface area contributed by atoms with Gasteiger partial charge in [-0.2, -0.15) is 0 Å². The molecule has 1 atom stereocenters. The number of aryl methyl sites for hydroxylation is 1. The summed E-state index contributed by atoms with van der Waals surface area (Å²) in [4.78, 5) is 24.2. The maximum atomic E-state index is 13.6. The number of rotatable bonds is 4. The second kappa shape index (κ2) is 7.37. The maximum Gasteiger partial charge on any atom is 0.333 e. The number of nitrogens with one attached hydrogen (secondary N) is 1. The second-order valence-electron chi connectivity index (χ2n) is 4.95. The van der Waals surface area contributed by atoms with Gasteiger partial charge in [0.05, 0.1) is 7.11 Å². The summed E-state index contributed by atoms with van der Waals surface area (Å²) in [5.74, 6) is -1.63. The third-order valence-electron chi connectivity index (χ3n) is 3.35. The van der Waals surface area contributed by atoms with Gasteiger partial charge in [0.2, 0.25) is 0 Å². The van der Waals surface area contributed by atoms with Crippen LogP contribution in [-0.4, -0.2) is 19.0 Å². The van der Waals surface area contributed by atoms with Gasteiger partial charge in [0.25, 0.3) is 5.91 Å². The molecule has 1 N–H and O–H groups in total. The van der Waals surface area contributed by atoms with Gasteiger partial charge in [-0.15, -0.1) is 0 Å². The number of methoxy groups -OCH3 is 1. The summed E-state index contributed by atoms with van der Waals surface area (Å²) in [5.41, 5.74) is 1.15. The first-order valence-electron chi connectivity index (χ1n) is 6.82. The minimum Gasteiger partial charge on any atom is -0.467 e. The third kappa shape index (κ3) is 4.16. The van der Waals surface area contributed by atoms with Crippen molar-refractivity contribution in [2.24, 2.45) is 0 Å². The number of esters is 1. The van der Waals surface area contributed by atoms with Crippen LogP contribution in [0.4, 0.5) is 4.39 Å². The highest BCUT2D eigenvalue weighted by Crippen LogP contribution is 2.19. The number of amides is 1. The fourth-order valence-corrected chi connectivity index (χ4v) is 2.26. The van der Waals surface area contributed by atoms with Crippen LogP contribution in [0, 0.1) is 12.7 Å². The number of halogens is 2. The molecule has 120 valence electrons. The van der Waals surface area contributed by atoms with Crippen molar-refractivity contribution in [3.8, 4) is 0 Å². The normalized spacial score (nSPS) is 11.7. The Bertz CT molecular complexity index is 731. The van der Waals surface area contributed by atoms with E-state index in [0.29, 0.717) is 11.1 Å². The molecule has 23 heavy (non-hydrogen) atoms. The van der Waals surface area contributed by atoms with E-state index in [4.69, 9.17) is 4.74 Å². The van der Waals surface area contributed by atoms with Crippen LogP contribution in [0.25, 0.3) is 0 Å². The Morgan fingerprint density at radius 1 is 1.17 bits per heavy atom. The average molecular weight is 380 g/mol. The summed E-state index contributed by atoms with van der Waals surface area (Å²) in [6.45, 7) is 1.61. The molecule has 0 aliphatic rings. The lowest BCUT2D eigenvalue weighted by atomic mass is 10.1. The van der Waals surface area contributed by atoms with Gasteiger partial charge in [-0.25, -0.2) is 9.18 Å². The van der Waals surface area contributed by atoms with Crippen molar-refractivity contribution in [1.82, 2.24) is 5.32 Å². The molecule has 0 fully saturated rings. The number of carbonyl (C=O) groups is 2. The highest BCUT2D eigenvalue weighted by atomic mass is 79.9. The van der Waals surface area contributed by atoms with Gasteiger partial charge in [0.1, 0.15) is 5.82 Å². The van der Waals surface area contributed by atoms with Crippen LogP contribution in [0.15, 0.2) is 46.9 Å². The molecule has 0 spiro atoms. The summed E-state index contributed by atoms with van der Waals surface area (Å²) in [6.07, 6.45) is 0. The summed E-state index contributed by atoms with van der Waals surface area (Å²) >= 11 is 3.31. The lowest BCUT2D eigenvalue weighted by molar-refractivity contribution is -0.143. The minimum absolute atomic E-state index is 0.138.